The van der Waals surface area contributed by atoms with Crippen molar-refractivity contribution in [3.8, 4) is 0 Å². The Kier molecular flexibility index (Phi) is 6.22. The minimum atomic E-state index is -3.11. The molecular weight excluding hydrogens is 266 g/mol. The molecular formula is C12H25N3O3S. The number of hydrogen-bond donors (Lipinski definition) is 2. The van der Waals surface area contributed by atoms with Gasteiger partial charge in [0.2, 0.25) is 15.9 Å². The molecule has 1 atom stereocenters. The molecule has 7 heteroatoms. The van der Waals surface area contributed by atoms with Gasteiger partial charge in [0.15, 0.2) is 0 Å². The van der Waals surface area contributed by atoms with Gasteiger partial charge in [-0.05, 0) is 25.7 Å². The van der Waals surface area contributed by atoms with Gasteiger partial charge in [0, 0.05) is 19.1 Å². The zero-order valence-electron chi connectivity index (χ0n) is 11.8. The molecule has 0 unspecified atom stereocenters. The molecule has 1 fully saturated rings. The van der Waals surface area contributed by atoms with Crippen LogP contribution >= 0.6 is 0 Å². The van der Waals surface area contributed by atoms with Crippen molar-refractivity contribution in [1.82, 2.24) is 9.62 Å². The molecule has 0 radical (unpaired) electrons. The number of sulfonamides is 1. The summed E-state index contributed by atoms with van der Waals surface area (Å²) in [5.41, 5.74) is 5.65. The number of hydrogen-bond acceptors (Lipinski definition) is 4. The van der Waals surface area contributed by atoms with Crippen LogP contribution in [0.5, 0.6) is 0 Å². The highest BCUT2D eigenvalue weighted by molar-refractivity contribution is 7.89. The third-order valence-electron chi connectivity index (χ3n) is 3.43. The Balaban J connectivity index is 2.43. The second kappa shape index (κ2) is 7.21. The molecule has 1 heterocycles. The summed E-state index contributed by atoms with van der Waals surface area (Å²) < 4.78 is 25.3. The van der Waals surface area contributed by atoms with Crippen molar-refractivity contribution in [1.29, 1.82) is 0 Å². The maximum Gasteiger partial charge on any atom is 0.237 e. The number of rotatable bonds is 6. The first-order chi connectivity index (χ1) is 8.90. The predicted molar refractivity (Wildman–Crippen MR) is 75.1 cm³/mol. The van der Waals surface area contributed by atoms with Gasteiger partial charge >= 0.3 is 0 Å². The first-order valence-corrected chi connectivity index (χ1v) is 8.55. The molecule has 1 aliphatic heterocycles. The van der Waals surface area contributed by atoms with Gasteiger partial charge in [0.25, 0.3) is 0 Å². The number of carbonyl (C=O) groups excluding carboxylic acids is 1. The summed E-state index contributed by atoms with van der Waals surface area (Å²) >= 11 is 0. The first-order valence-electron chi connectivity index (χ1n) is 6.94. The molecule has 0 aromatic carbocycles. The highest BCUT2D eigenvalue weighted by atomic mass is 32.2. The summed E-state index contributed by atoms with van der Waals surface area (Å²) in [5.74, 6) is 0.0578. The third-order valence-corrected chi connectivity index (χ3v) is 5.51. The lowest BCUT2D eigenvalue weighted by Gasteiger charge is -2.32. The van der Waals surface area contributed by atoms with Crippen molar-refractivity contribution in [2.24, 2.45) is 5.73 Å². The standard InChI is InChI=1S/C12H25N3O3S/c1-3-9-19(17,18)15-7-5-10(6-8-15)14-12(16)11(13)4-2/h10-11H,3-9,13H2,1-2H3,(H,14,16)/t11-/m1/s1. The Bertz CT molecular complexity index is 389. The van der Waals surface area contributed by atoms with Gasteiger partial charge in [0.1, 0.15) is 0 Å². The van der Waals surface area contributed by atoms with Crippen LogP contribution in [0.4, 0.5) is 0 Å². The van der Waals surface area contributed by atoms with Crippen LogP contribution < -0.4 is 11.1 Å². The van der Waals surface area contributed by atoms with E-state index < -0.39 is 16.1 Å². The first kappa shape index (κ1) is 16.4. The van der Waals surface area contributed by atoms with Crippen molar-refractivity contribution in [3.63, 3.8) is 0 Å². The number of piperidine rings is 1. The van der Waals surface area contributed by atoms with Crippen LogP contribution in [0, 0.1) is 0 Å². The van der Waals surface area contributed by atoms with Gasteiger partial charge in [-0.1, -0.05) is 13.8 Å². The Morgan fingerprint density at radius 3 is 2.42 bits per heavy atom. The molecule has 19 heavy (non-hydrogen) atoms. The molecule has 1 aliphatic rings. The van der Waals surface area contributed by atoms with Crippen LogP contribution in [0.2, 0.25) is 0 Å². The van der Waals surface area contributed by atoms with Gasteiger partial charge in [-0.2, -0.15) is 0 Å². The zero-order chi connectivity index (χ0) is 14.5. The Morgan fingerprint density at radius 2 is 1.95 bits per heavy atom. The van der Waals surface area contributed by atoms with Crippen LogP contribution in [-0.2, 0) is 14.8 Å². The molecule has 1 rings (SSSR count). The smallest absolute Gasteiger partial charge is 0.237 e. The molecule has 0 bridgehead atoms. The van der Waals surface area contributed by atoms with Crippen LogP contribution in [-0.4, -0.2) is 49.6 Å². The highest BCUT2D eigenvalue weighted by Gasteiger charge is 2.28. The van der Waals surface area contributed by atoms with E-state index in [0.717, 1.165) is 0 Å². The second-order valence-corrected chi connectivity index (χ2v) is 7.10. The SMILES string of the molecule is CCCS(=O)(=O)N1CCC(NC(=O)[C@H](N)CC)CC1. The minimum absolute atomic E-state index is 0.0400. The van der Waals surface area contributed by atoms with E-state index in [-0.39, 0.29) is 17.7 Å². The summed E-state index contributed by atoms with van der Waals surface area (Å²) in [6.07, 6.45) is 2.55. The molecule has 0 aromatic rings. The van der Waals surface area contributed by atoms with Crippen molar-refractivity contribution in [2.45, 2.75) is 51.6 Å². The monoisotopic (exact) mass is 291 g/mol. The fraction of sp³-hybridized carbons (Fsp3) is 0.917. The van der Waals surface area contributed by atoms with E-state index in [4.69, 9.17) is 5.73 Å². The number of nitrogens with one attached hydrogen (secondary N) is 1. The summed E-state index contributed by atoms with van der Waals surface area (Å²) in [7, 11) is -3.11. The summed E-state index contributed by atoms with van der Waals surface area (Å²) in [5, 5.41) is 2.89. The molecule has 6 nitrogen and oxygen atoms in total. The van der Waals surface area contributed by atoms with Gasteiger partial charge in [0.05, 0.1) is 11.8 Å². The topological polar surface area (TPSA) is 92.5 Å². The largest absolute Gasteiger partial charge is 0.352 e. The number of amides is 1. The quantitative estimate of drug-likeness (QED) is 0.723. The molecule has 3 N–H and O–H groups in total. The fourth-order valence-corrected chi connectivity index (χ4v) is 3.70. The summed E-state index contributed by atoms with van der Waals surface area (Å²) in [4.78, 5) is 11.7. The molecule has 1 amide bonds. The number of nitrogens with zero attached hydrogens (tertiary/aromatic N) is 1. The number of nitrogens with two attached hydrogens (primary N) is 1. The van der Waals surface area contributed by atoms with Crippen LogP contribution in [0.25, 0.3) is 0 Å². The normalized spacial score (nSPS) is 20.2. The van der Waals surface area contributed by atoms with E-state index in [9.17, 15) is 13.2 Å². The van der Waals surface area contributed by atoms with E-state index in [1.54, 1.807) is 0 Å². The average molecular weight is 291 g/mol. The van der Waals surface area contributed by atoms with Crippen LogP contribution in [0.3, 0.4) is 0 Å². The van der Waals surface area contributed by atoms with Gasteiger partial charge in [-0.15, -0.1) is 0 Å². The van der Waals surface area contributed by atoms with Crippen LogP contribution in [0.1, 0.15) is 39.5 Å². The summed E-state index contributed by atoms with van der Waals surface area (Å²) in [6, 6.07) is -0.431. The molecule has 0 aliphatic carbocycles. The zero-order valence-corrected chi connectivity index (χ0v) is 12.6. The molecule has 0 spiro atoms. The molecule has 112 valence electrons. The molecule has 0 saturated carbocycles. The van der Waals surface area contributed by atoms with Gasteiger partial charge in [-0.25, -0.2) is 12.7 Å². The van der Waals surface area contributed by atoms with E-state index in [1.807, 2.05) is 13.8 Å². The maximum atomic E-state index is 11.9. The van der Waals surface area contributed by atoms with Crippen molar-refractivity contribution in [2.75, 3.05) is 18.8 Å². The van der Waals surface area contributed by atoms with Gasteiger partial charge in [-0.3, -0.25) is 4.79 Å². The highest BCUT2D eigenvalue weighted by Crippen LogP contribution is 2.15. The third kappa shape index (κ3) is 4.74. The van der Waals surface area contributed by atoms with Crippen molar-refractivity contribution in [3.05, 3.63) is 0 Å². The van der Waals surface area contributed by atoms with Gasteiger partial charge < -0.3 is 11.1 Å². The molecule has 0 aromatic heterocycles. The van der Waals surface area contributed by atoms with Crippen molar-refractivity contribution >= 4 is 15.9 Å². The maximum absolute atomic E-state index is 11.9. The predicted octanol–water partition coefficient (Wildman–Crippen LogP) is 0.0441. The van der Waals surface area contributed by atoms with Crippen molar-refractivity contribution < 1.29 is 13.2 Å². The lowest BCUT2D eigenvalue weighted by atomic mass is 10.1. The average Bonchev–Trinajstić information content (AvgIpc) is 2.38. The van der Waals surface area contributed by atoms with E-state index >= 15 is 0 Å². The minimum Gasteiger partial charge on any atom is -0.352 e. The van der Waals surface area contributed by atoms with Crippen LogP contribution in [0.15, 0.2) is 0 Å². The lowest BCUT2D eigenvalue weighted by molar-refractivity contribution is -0.123. The van der Waals surface area contributed by atoms with E-state index in [1.165, 1.54) is 4.31 Å². The van der Waals surface area contributed by atoms with E-state index in [2.05, 4.69) is 5.32 Å². The Hall–Kier alpha value is -0.660. The Labute approximate surface area is 115 Å². The molecule has 1 saturated heterocycles. The Morgan fingerprint density at radius 1 is 1.37 bits per heavy atom. The van der Waals surface area contributed by atoms with E-state index in [0.29, 0.717) is 38.8 Å². The lowest BCUT2D eigenvalue weighted by Crippen LogP contribution is -2.50. The summed E-state index contributed by atoms with van der Waals surface area (Å²) in [6.45, 7) is 4.68. The fourth-order valence-electron chi connectivity index (χ4n) is 2.16. The number of carbonyl (C=O) groups is 1. The second-order valence-electron chi connectivity index (χ2n) is 5.01.